The van der Waals surface area contributed by atoms with Crippen LogP contribution in [0.15, 0.2) is 69.9 Å². The van der Waals surface area contributed by atoms with E-state index in [-0.39, 0.29) is 17.5 Å². The Morgan fingerprint density at radius 1 is 1.04 bits per heavy atom. The van der Waals surface area contributed by atoms with E-state index in [1.807, 2.05) is 49.4 Å². The molecule has 1 amide bonds. The molecule has 0 aliphatic heterocycles. The lowest BCUT2D eigenvalue weighted by Gasteiger charge is -2.25. The molecule has 2 aromatic carbocycles. The van der Waals surface area contributed by atoms with E-state index in [0.717, 1.165) is 10.9 Å². The van der Waals surface area contributed by atoms with Gasteiger partial charge in [-0.05, 0) is 24.6 Å². The number of fused-ring (bicyclic) bond motifs is 1. The smallest absolute Gasteiger partial charge is 0.349 e. The SMILES string of the molecule is CC(c1ccccc1)N(C)C(=O)c1cc2ccccc2oc1=O. The first-order valence-corrected chi connectivity index (χ1v) is 7.43. The molecule has 23 heavy (non-hydrogen) atoms. The molecule has 0 saturated carbocycles. The lowest BCUT2D eigenvalue weighted by atomic mass is 10.1. The fourth-order valence-electron chi connectivity index (χ4n) is 2.53. The summed E-state index contributed by atoms with van der Waals surface area (Å²) in [6.07, 6.45) is 0. The van der Waals surface area contributed by atoms with E-state index in [1.165, 1.54) is 0 Å². The molecule has 0 radical (unpaired) electrons. The number of nitrogens with zero attached hydrogens (tertiary/aromatic N) is 1. The topological polar surface area (TPSA) is 50.5 Å². The fraction of sp³-hybridized carbons (Fsp3) is 0.158. The van der Waals surface area contributed by atoms with Crippen molar-refractivity contribution in [3.05, 3.63) is 82.2 Å². The second kappa shape index (κ2) is 6.08. The molecule has 0 fully saturated rings. The molecule has 1 atom stereocenters. The van der Waals surface area contributed by atoms with Crippen molar-refractivity contribution in [2.75, 3.05) is 7.05 Å². The van der Waals surface area contributed by atoms with Gasteiger partial charge in [0.05, 0.1) is 6.04 Å². The highest BCUT2D eigenvalue weighted by Gasteiger charge is 2.22. The first-order chi connectivity index (χ1) is 11.1. The van der Waals surface area contributed by atoms with Gasteiger partial charge in [0.25, 0.3) is 5.91 Å². The molecule has 3 aromatic rings. The van der Waals surface area contributed by atoms with Gasteiger partial charge in [0, 0.05) is 12.4 Å². The van der Waals surface area contributed by atoms with Crippen LogP contribution in [0.2, 0.25) is 0 Å². The van der Waals surface area contributed by atoms with Crippen molar-refractivity contribution in [3.8, 4) is 0 Å². The van der Waals surface area contributed by atoms with Crippen molar-refractivity contribution in [3.63, 3.8) is 0 Å². The van der Waals surface area contributed by atoms with Crippen LogP contribution in [-0.2, 0) is 0 Å². The van der Waals surface area contributed by atoms with Crippen molar-refractivity contribution < 1.29 is 9.21 Å². The molecule has 4 nitrogen and oxygen atoms in total. The van der Waals surface area contributed by atoms with Gasteiger partial charge in [0.2, 0.25) is 0 Å². The predicted octanol–water partition coefficient (Wildman–Crippen LogP) is 3.63. The molecule has 0 saturated heterocycles. The Balaban J connectivity index is 1.96. The van der Waals surface area contributed by atoms with Gasteiger partial charge < -0.3 is 9.32 Å². The molecule has 1 heterocycles. The standard InChI is InChI=1S/C19H17NO3/c1-13(14-8-4-3-5-9-14)20(2)18(21)16-12-15-10-6-7-11-17(15)23-19(16)22/h3-13H,1-2H3. The van der Waals surface area contributed by atoms with Gasteiger partial charge in [-0.2, -0.15) is 0 Å². The largest absolute Gasteiger partial charge is 0.422 e. The molecule has 1 aromatic heterocycles. The number of para-hydroxylation sites is 1. The quantitative estimate of drug-likeness (QED) is 0.694. The number of hydrogen-bond acceptors (Lipinski definition) is 3. The third kappa shape index (κ3) is 2.88. The van der Waals surface area contributed by atoms with Crippen LogP contribution in [-0.4, -0.2) is 17.9 Å². The van der Waals surface area contributed by atoms with Gasteiger partial charge in [-0.1, -0.05) is 48.5 Å². The first kappa shape index (κ1) is 15.0. The van der Waals surface area contributed by atoms with Crippen LogP contribution in [0.1, 0.15) is 28.9 Å². The van der Waals surface area contributed by atoms with Crippen molar-refractivity contribution in [2.24, 2.45) is 0 Å². The number of amides is 1. The van der Waals surface area contributed by atoms with E-state index in [0.29, 0.717) is 5.58 Å². The summed E-state index contributed by atoms with van der Waals surface area (Å²) in [5.74, 6) is -0.346. The number of carbonyl (C=O) groups excluding carboxylic acids is 1. The lowest BCUT2D eigenvalue weighted by Crippen LogP contribution is -2.32. The summed E-state index contributed by atoms with van der Waals surface area (Å²) in [5, 5.41) is 0.733. The Morgan fingerprint density at radius 3 is 2.43 bits per heavy atom. The average Bonchev–Trinajstić information content (AvgIpc) is 2.60. The average molecular weight is 307 g/mol. The molecule has 0 aliphatic carbocycles. The third-order valence-corrected chi connectivity index (χ3v) is 4.06. The Hall–Kier alpha value is -2.88. The Morgan fingerprint density at radius 2 is 1.70 bits per heavy atom. The van der Waals surface area contributed by atoms with Crippen LogP contribution in [0.3, 0.4) is 0 Å². The minimum Gasteiger partial charge on any atom is -0.422 e. The van der Waals surface area contributed by atoms with Crippen molar-refractivity contribution >= 4 is 16.9 Å². The minimum atomic E-state index is -0.610. The van der Waals surface area contributed by atoms with E-state index in [2.05, 4.69) is 0 Å². The summed E-state index contributed by atoms with van der Waals surface area (Å²) in [6.45, 7) is 1.93. The molecule has 0 spiro atoms. The maximum atomic E-state index is 12.7. The van der Waals surface area contributed by atoms with Crippen LogP contribution in [0.5, 0.6) is 0 Å². The van der Waals surface area contributed by atoms with E-state index in [1.54, 1.807) is 30.1 Å². The van der Waals surface area contributed by atoms with Crippen molar-refractivity contribution in [2.45, 2.75) is 13.0 Å². The van der Waals surface area contributed by atoms with Gasteiger partial charge in [-0.25, -0.2) is 4.79 Å². The van der Waals surface area contributed by atoms with Gasteiger partial charge in [0.15, 0.2) is 0 Å². The molecule has 3 rings (SSSR count). The molecule has 4 heteroatoms. The second-order valence-electron chi connectivity index (χ2n) is 5.49. The van der Waals surface area contributed by atoms with Crippen LogP contribution in [0.4, 0.5) is 0 Å². The summed E-state index contributed by atoms with van der Waals surface area (Å²) in [6, 6.07) is 18.3. The molecule has 0 bridgehead atoms. The number of carbonyl (C=O) groups is 1. The van der Waals surface area contributed by atoms with E-state index in [9.17, 15) is 9.59 Å². The van der Waals surface area contributed by atoms with Gasteiger partial charge in [-0.3, -0.25) is 4.79 Å². The van der Waals surface area contributed by atoms with Crippen LogP contribution in [0, 0.1) is 0 Å². The Bertz CT molecular complexity index is 899. The summed E-state index contributed by atoms with van der Waals surface area (Å²) < 4.78 is 5.25. The first-order valence-electron chi connectivity index (χ1n) is 7.43. The van der Waals surface area contributed by atoms with Crippen molar-refractivity contribution in [1.82, 2.24) is 4.90 Å². The van der Waals surface area contributed by atoms with E-state index < -0.39 is 5.63 Å². The maximum absolute atomic E-state index is 12.7. The Labute approximate surface area is 134 Å². The highest BCUT2D eigenvalue weighted by molar-refractivity contribution is 5.96. The highest BCUT2D eigenvalue weighted by atomic mass is 16.4. The number of benzene rings is 2. The van der Waals surface area contributed by atoms with Gasteiger partial charge in [0.1, 0.15) is 11.1 Å². The monoisotopic (exact) mass is 307 g/mol. The fourth-order valence-corrected chi connectivity index (χ4v) is 2.53. The summed E-state index contributed by atoms with van der Waals surface area (Å²) in [7, 11) is 1.69. The summed E-state index contributed by atoms with van der Waals surface area (Å²) in [5.41, 5.74) is 0.927. The normalized spacial score (nSPS) is 12.1. The zero-order valence-electron chi connectivity index (χ0n) is 13.0. The third-order valence-electron chi connectivity index (χ3n) is 4.06. The molecular weight excluding hydrogens is 290 g/mol. The molecule has 0 aliphatic rings. The van der Waals surface area contributed by atoms with Crippen molar-refractivity contribution in [1.29, 1.82) is 0 Å². The van der Waals surface area contributed by atoms with Gasteiger partial charge in [-0.15, -0.1) is 0 Å². The molecule has 116 valence electrons. The van der Waals surface area contributed by atoms with E-state index >= 15 is 0 Å². The predicted molar refractivity (Wildman–Crippen MR) is 89.4 cm³/mol. The zero-order chi connectivity index (χ0) is 16.4. The lowest BCUT2D eigenvalue weighted by molar-refractivity contribution is 0.0738. The summed E-state index contributed by atoms with van der Waals surface area (Å²) >= 11 is 0. The summed E-state index contributed by atoms with van der Waals surface area (Å²) in [4.78, 5) is 26.4. The molecule has 1 unspecified atom stereocenters. The minimum absolute atomic E-state index is 0.0500. The van der Waals surface area contributed by atoms with E-state index in [4.69, 9.17) is 4.42 Å². The number of rotatable bonds is 3. The van der Waals surface area contributed by atoms with Crippen LogP contribution in [0.25, 0.3) is 11.0 Å². The van der Waals surface area contributed by atoms with Crippen LogP contribution < -0.4 is 5.63 Å². The molecule has 0 N–H and O–H groups in total. The highest BCUT2D eigenvalue weighted by Crippen LogP contribution is 2.21. The number of hydrogen-bond donors (Lipinski definition) is 0. The zero-order valence-corrected chi connectivity index (χ0v) is 13.0. The molecular formula is C19H17NO3. The Kier molecular flexibility index (Phi) is 3.98. The van der Waals surface area contributed by atoms with Crippen LogP contribution >= 0.6 is 0 Å². The van der Waals surface area contributed by atoms with Gasteiger partial charge >= 0.3 is 5.63 Å². The maximum Gasteiger partial charge on any atom is 0.349 e. The second-order valence-corrected chi connectivity index (χ2v) is 5.49.